The number of hydrogen-bond acceptors (Lipinski definition) is 7. The molecule has 120 valence electrons. The van der Waals surface area contributed by atoms with E-state index in [0.717, 1.165) is 17.1 Å². The minimum Gasteiger partial charge on any atom is -0.465 e. The lowest BCUT2D eigenvalue weighted by molar-refractivity contribution is 0.0602. The Labute approximate surface area is 132 Å². The van der Waals surface area contributed by atoms with Gasteiger partial charge in [-0.1, -0.05) is 0 Å². The van der Waals surface area contributed by atoms with E-state index in [1.165, 1.54) is 18.6 Å². The van der Waals surface area contributed by atoms with Crippen LogP contribution in [0.25, 0.3) is 0 Å². The number of thioether (sulfide) groups is 1. The van der Waals surface area contributed by atoms with Crippen molar-refractivity contribution in [2.24, 2.45) is 0 Å². The summed E-state index contributed by atoms with van der Waals surface area (Å²) in [6.07, 6.45) is 2.37. The van der Waals surface area contributed by atoms with Gasteiger partial charge in [0.2, 0.25) is 10.0 Å². The normalized spacial score (nSPS) is 14.7. The van der Waals surface area contributed by atoms with Crippen molar-refractivity contribution in [3.05, 3.63) is 16.3 Å². The lowest BCUT2D eigenvalue weighted by Crippen LogP contribution is -2.41. The number of esters is 1. The van der Waals surface area contributed by atoms with Crippen molar-refractivity contribution in [1.82, 2.24) is 4.72 Å². The van der Waals surface area contributed by atoms with Crippen LogP contribution in [-0.4, -0.2) is 50.8 Å². The number of methoxy groups -OCH3 is 1. The van der Waals surface area contributed by atoms with Crippen molar-refractivity contribution in [3.63, 3.8) is 0 Å². The summed E-state index contributed by atoms with van der Waals surface area (Å²) in [5.41, 5.74) is -1.14. The molecule has 2 N–H and O–H groups in total. The van der Waals surface area contributed by atoms with Crippen LogP contribution in [0, 0.1) is 0 Å². The third-order valence-electron chi connectivity index (χ3n) is 2.78. The second-order valence-corrected chi connectivity index (χ2v) is 8.31. The van der Waals surface area contributed by atoms with Crippen LogP contribution in [0.15, 0.2) is 16.3 Å². The van der Waals surface area contributed by atoms with E-state index >= 15 is 0 Å². The molecule has 1 aromatic rings. The number of hydrogen-bond donors (Lipinski definition) is 2. The standard InChI is InChI=1S/C12H19NO5S3/c1-12(15,5-7-19-3)8-13-21(16,17)9-4-6-20-10(9)11(14)18-2/h4,6,13,15H,5,7-8H2,1-3H3/t12-/m1/s1. The Bertz CT molecular complexity index is 579. The van der Waals surface area contributed by atoms with Gasteiger partial charge in [0.1, 0.15) is 9.77 Å². The molecule has 6 nitrogen and oxygen atoms in total. The maximum atomic E-state index is 12.2. The van der Waals surface area contributed by atoms with Crippen molar-refractivity contribution in [1.29, 1.82) is 0 Å². The lowest BCUT2D eigenvalue weighted by Gasteiger charge is -2.23. The third kappa shape index (κ3) is 5.26. The average Bonchev–Trinajstić information content (AvgIpc) is 2.93. The van der Waals surface area contributed by atoms with Crippen molar-refractivity contribution < 1.29 is 23.1 Å². The molecule has 0 radical (unpaired) electrons. The highest BCUT2D eigenvalue weighted by molar-refractivity contribution is 7.98. The Morgan fingerprint density at radius 3 is 2.81 bits per heavy atom. The van der Waals surface area contributed by atoms with Gasteiger partial charge in [-0.25, -0.2) is 17.9 Å². The molecule has 0 unspecified atom stereocenters. The Hall–Kier alpha value is -0.610. The number of carbonyl (C=O) groups excluding carboxylic acids is 1. The minimum absolute atomic E-state index is 0.0220. The van der Waals surface area contributed by atoms with Crippen molar-refractivity contribution in [2.45, 2.75) is 23.8 Å². The SMILES string of the molecule is COC(=O)c1sccc1S(=O)(=O)NC[C@](C)(O)CCSC. The zero-order valence-electron chi connectivity index (χ0n) is 12.1. The first-order valence-corrected chi connectivity index (χ1v) is 9.86. The van der Waals surface area contributed by atoms with Gasteiger partial charge in [0.25, 0.3) is 0 Å². The van der Waals surface area contributed by atoms with Gasteiger partial charge in [-0.3, -0.25) is 0 Å². The largest absolute Gasteiger partial charge is 0.465 e. The zero-order valence-corrected chi connectivity index (χ0v) is 14.5. The predicted molar refractivity (Wildman–Crippen MR) is 84.5 cm³/mol. The lowest BCUT2D eigenvalue weighted by atomic mass is 10.1. The van der Waals surface area contributed by atoms with E-state index in [1.807, 2.05) is 6.26 Å². The molecule has 0 aliphatic rings. The summed E-state index contributed by atoms with van der Waals surface area (Å²) >= 11 is 2.57. The molecular weight excluding hydrogens is 334 g/mol. The highest BCUT2D eigenvalue weighted by Crippen LogP contribution is 2.23. The summed E-state index contributed by atoms with van der Waals surface area (Å²) in [6, 6.07) is 1.34. The van der Waals surface area contributed by atoms with E-state index in [9.17, 15) is 18.3 Å². The van der Waals surface area contributed by atoms with Crippen molar-refractivity contribution in [3.8, 4) is 0 Å². The molecule has 0 fully saturated rings. The highest BCUT2D eigenvalue weighted by atomic mass is 32.2. The first kappa shape index (κ1) is 18.4. The van der Waals surface area contributed by atoms with Gasteiger partial charge >= 0.3 is 5.97 Å². The molecule has 1 heterocycles. The molecule has 0 amide bonds. The summed E-state index contributed by atoms with van der Waals surface area (Å²) in [5, 5.41) is 11.6. The number of rotatable bonds is 8. The van der Waals surface area contributed by atoms with Crippen molar-refractivity contribution in [2.75, 3.05) is 25.7 Å². The number of sulfonamides is 1. The second-order valence-electron chi connectivity index (χ2n) is 4.67. The number of thiophene rings is 1. The zero-order chi connectivity index (χ0) is 16.1. The second kappa shape index (κ2) is 7.59. The summed E-state index contributed by atoms with van der Waals surface area (Å²) < 4.78 is 31.4. The molecule has 0 spiro atoms. The van der Waals surface area contributed by atoms with Gasteiger partial charge in [-0.2, -0.15) is 11.8 Å². The Morgan fingerprint density at radius 2 is 2.24 bits per heavy atom. The van der Waals surface area contributed by atoms with E-state index in [4.69, 9.17) is 0 Å². The molecule has 0 saturated heterocycles. The monoisotopic (exact) mass is 353 g/mol. The van der Waals surface area contributed by atoms with E-state index in [0.29, 0.717) is 6.42 Å². The topological polar surface area (TPSA) is 92.7 Å². The molecule has 1 aromatic heterocycles. The molecule has 1 rings (SSSR count). The molecule has 0 aliphatic carbocycles. The number of nitrogens with one attached hydrogen (secondary N) is 1. The first-order chi connectivity index (χ1) is 9.73. The fourth-order valence-electron chi connectivity index (χ4n) is 1.49. The van der Waals surface area contributed by atoms with E-state index < -0.39 is 21.6 Å². The Balaban J connectivity index is 2.83. The van der Waals surface area contributed by atoms with Crippen LogP contribution in [0.1, 0.15) is 23.0 Å². The Morgan fingerprint density at radius 1 is 1.57 bits per heavy atom. The van der Waals surface area contributed by atoms with Crippen LogP contribution < -0.4 is 4.72 Å². The molecular formula is C12H19NO5S3. The van der Waals surface area contributed by atoms with Crippen LogP contribution >= 0.6 is 23.1 Å². The van der Waals surface area contributed by atoms with Crippen LogP contribution in [0.5, 0.6) is 0 Å². The van der Waals surface area contributed by atoms with Gasteiger partial charge in [0.15, 0.2) is 0 Å². The van der Waals surface area contributed by atoms with Crippen LogP contribution in [-0.2, 0) is 14.8 Å². The van der Waals surface area contributed by atoms with Gasteiger partial charge in [0, 0.05) is 6.54 Å². The maximum Gasteiger partial charge on any atom is 0.349 e. The fourth-order valence-corrected chi connectivity index (χ4v) is 4.63. The van der Waals surface area contributed by atoms with Gasteiger partial charge in [-0.05, 0) is 36.8 Å². The molecule has 0 aliphatic heterocycles. The molecule has 0 bridgehead atoms. The highest BCUT2D eigenvalue weighted by Gasteiger charge is 2.28. The quantitative estimate of drug-likeness (QED) is 0.685. The molecule has 9 heteroatoms. The number of ether oxygens (including phenoxy) is 1. The molecule has 0 saturated carbocycles. The van der Waals surface area contributed by atoms with Gasteiger partial charge in [-0.15, -0.1) is 11.3 Å². The predicted octanol–water partition coefficient (Wildman–Crippen LogP) is 1.32. The van der Waals surface area contributed by atoms with Gasteiger partial charge in [0.05, 0.1) is 12.7 Å². The van der Waals surface area contributed by atoms with Crippen LogP contribution in [0.2, 0.25) is 0 Å². The first-order valence-electron chi connectivity index (χ1n) is 6.10. The smallest absolute Gasteiger partial charge is 0.349 e. The fraction of sp³-hybridized carbons (Fsp3) is 0.583. The van der Waals surface area contributed by atoms with Crippen LogP contribution in [0.4, 0.5) is 0 Å². The maximum absolute atomic E-state index is 12.2. The van der Waals surface area contributed by atoms with Crippen LogP contribution in [0.3, 0.4) is 0 Å². The summed E-state index contributed by atoms with van der Waals surface area (Å²) in [6.45, 7) is 1.45. The third-order valence-corrected chi connectivity index (χ3v) is 5.86. The summed E-state index contributed by atoms with van der Waals surface area (Å²) in [7, 11) is -2.67. The summed E-state index contributed by atoms with van der Waals surface area (Å²) in [5.74, 6) is 0.0279. The average molecular weight is 353 g/mol. The molecule has 1 atom stereocenters. The van der Waals surface area contributed by atoms with E-state index in [2.05, 4.69) is 9.46 Å². The molecule has 21 heavy (non-hydrogen) atoms. The Kier molecular flexibility index (Phi) is 6.67. The number of carbonyl (C=O) groups is 1. The van der Waals surface area contributed by atoms with Crippen molar-refractivity contribution >= 4 is 39.1 Å². The molecule has 0 aromatic carbocycles. The summed E-state index contributed by atoms with van der Waals surface area (Å²) in [4.78, 5) is 11.4. The van der Waals surface area contributed by atoms with E-state index in [-0.39, 0.29) is 16.3 Å². The van der Waals surface area contributed by atoms with Gasteiger partial charge < -0.3 is 9.84 Å². The van der Waals surface area contributed by atoms with E-state index in [1.54, 1.807) is 18.7 Å². The minimum atomic E-state index is -3.87. The number of aliphatic hydroxyl groups is 1.